The van der Waals surface area contributed by atoms with E-state index in [4.69, 9.17) is 4.74 Å². The van der Waals surface area contributed by atoms with E-state index < -0.39 is 5.97 Å². The predicted octanol–water partition coefficient (Wildman–Crippen LogP) is 3.75. The van der Waals surface area contributed by atoms with Gasteiger partial charge in [0.25, 0.3) is 5.91 Å². The van der Waals surface area contributed by atoms with E-state index in [0.717, 1.165) is 35.0 Å². The van der Waals surface area contributed by atoms with Crippen molar-refractivity contribution in [1.29, 1.82) is 0 Å². The van der Waals surface area contributed by atoms with Gasteiger partial charge in [0.05, 0.1) is 0 Å². The van der Waals surface area contributed by atoms with Crippen LogP contribution in [-0.4, -0.2) is 35.4 Å². The van der Waals surface area contributed by atoms with Crippen molar-refractivity contribution in [2.24, 2.45) is 0 Å². The molecule has 0 spiro atoms. The molecule has 0 saturated heterocycles. The molecular formula is C24H24N2O4. The van der Waals surface area contributed by atoms with Gasteiger partial charge in [0.2, 0.25) is 5.78 Å². The molecule has 0 atom stereocenters. The fourth-order valence-electron chi connectivity index (χ4n) is 3.81. The van der Waals surface area contributed by atoms with E-state index in [1.54, 1.807) is 12.1 Å². The van der Waals surface area contributed by atoms with Gasteiger partial charge in [-0.2, -0.15) is 0 Å². The molecule has 154 valence electrons. The van der Waals surface area contributed by atoms with Gasteiger partial charge in [-0.25, -0.2) is 0 Å². The van der Waals surface area contributed by atoms with Crippen molar-refractivity contribution in [2.75, 3.05) is 13.2 Å². The number of aryl methyl sites for hydroxylation is 1. The van der Waals surface area contributed by atoms with Crippen LogP contribution < -0.4 is 5.32 Å². The third-order valence-corrected chi connectivity index (χ3v) is 5.47. The van der Waals surface area contributed by atoms with Gasteiger partial charge in [-0.15, -0.1) is 0 Å². The van der Waals surface area contributed by atoms with Crippen LogP contribution >= 0.6 is 0 Å². The van der Waals surface area contributed by atoms with Crippen LogP contribution in [0.5, 0.6) is 0 Å². The number of hydrogen-bond donors (Lipinski definition) is 1. The van der Waals surface area contributed by atoms with Gasteiger partial charge < -0.3 is 14.6 Å². The Morgan fingerprint density at radius 3 is 2.50 bits per heavy atom. The van der Waals surface area contributed by atoms with Crippen LogP contribution in [0.25, 0.3) is 10.8 Å². The number of hydrogen-bond acceptors (Lipinski definition) is 4. The first-order valence-corrected chi connectivity index (χ1v) is 10.1. The minimum atomic E-state index is -0.645. The number of nitrogens with zero attached hydrogens (tertiary/aromatic N) is 1. The molecule has 1 saturated carbocycles. The Balaban J connectivity index is 1.30. The number of ketones is 1. The Kier molecular flexibility index (Phi) is 5.40. The highest BCUT2D eigenvalue weighted by atomic mass is 16.5. The third-order valence-electron chi connectivity index (χ3n) is 5.47. The topological polar surface area (TPSA) is 77.4 Å². The summed E-state index contributed by atoms with van der Waals surface area (Å²) in [5, 5.41) is 4.53. The molecule has 1 fully saturated rings. The summed E-state index contributed by atoms with van der Waals surface area (Å²) in [6.45, 7) is 3.28. The molecule has 30 heavy (non-hydrogen) atoms. The lowest BCUT2D eigenvalue weighted by Gasteiger charge is -2.08. The lowest BCUT2D eigenvalue weighted by atomic mass is 10.1. The van der Waals surface area contributed by atoms with Crippen molar-refractivity contribution >= 4 is 28.4 Å². The number of carbonyl (C=O) groups is 3. The molecule has 6 nitrogen and oxygen atoms in total. The average molecular weight is 404 g/mol. The Morgan fingerprint density at radius 2 is 1.77 bits per heavy atom. The Morgan fingerprint density at radius 1 is 1.03 bits per heavy atom. The van der Waals surface area contributed by atoms with Gasteiger partial charge >= 0.3 is 5.97 Å². The zero-order chi connectivity index (χ0) is 21.3. The standard InChI is InChI=1S/C24H24N2O4/c1-15-11-21(16(2)26(15)20-9-10-20)22(27)14-30-23(28)13-25-24(29)19-8-7-17-5-3-4-6-18(17)12-19/h3-8,11-12,20H,9-10,13-14H2,1-2H3,(H,25,29). The zero-order valence-electron chi connectivity index (χ0n) is 17.1. The van der Waals surface area contributed by atoms with Gasteiger partial charge in [-0.05, 0) is 55.7 Å². The molecule has 1 amide bonds. The molecule has 1 aliphatic carbocycles. The van der Waals surface area contributed by atoms with Crippen molar-refractivity contribution in [3.63, 3.8) is 0 Å². The number of rotatable bonds is 7. The van der Waals surface area contributed by atoms with Crippen molar-refractivity contribution in [3.8, 4) is 0 Å². The SMILES string of the molecule is Cc1cc(C(=O)COC(=O)CNC(=O)c2ccc3ccccc3c2)c(C)n1C1CC1. The minimum Gasteiger partial charge on any atom is -0.456 e. The minimum absolute atomic E-state index is 0.232. The first-order valence-electron chi connectivity index (χ1n) is 10.1. The monoisotopic (exact) mass is 404 g/mol. The Bertz CT molecular complexity index is 1140. The number of esters is 1. The number of carbonyl (C=O) groups excluding carboxylic acids is 3. The zero-order valence-corrected chi connectivity index (χ0v) is 17.1. The molecule has 6 heteroatoms. The van der Waals surface area contributed by atoms with Crippen LogP contribution in [0.15, 0.2) is 48.5 Å². The van der Waals surface area contributed by atoms with Gasteiger partial charge in [0.1, 0.15) is 6.54 Å². The van der Waals surface area contributed by atoms with Crippen LogP contribution in [-0.2, 0) is 9.53 Å². The predicted molar refractivity (Wildman–Crippen MR) is 114 cm³/mol. The number of nitrogens with one attached hydrogen (secondary N) is 1. The number of benzene rings is 2. The molecule has 1 aliphatic rings. The molecule has 0 bridgehead atoms. The van der Waals surface area contributed by atoms with Crippen molar-refractivity contribution in [1.82, 2.24) is 9.88 Å². The summed E-state index contributed by atoms with van der Waals surface area (Å²) in [5.41, 5.74) is 3.02. The Labute approximate surface area is 174 Å². The summed E-state index contributed by atoms with van der Waals surface area (Å²) in [4.78, 5) is 36.8. The summed E-state index contributed by atoms with van der Waals surface area (Å²) >= 11 is 0. The van der Waals surface area contributed by atoms with E-state index in [1.165, 1.54) is 0 Å². The summed E-state index contributed by atoms with van der Waals surface area (Å²) in [6.07, 6.45) is 2.27. The van der Waals surface area contributed by atoms with E-state index in [1.807, 2.05) is 50.2 Å². The lowest BCUT2D eigenvalue weighted by molar-refractivity contribution is -0.141. The largest absolute Gasteiger partial charge is 0.456 e. The molecule has 4 rings (SSSR count). The maximum Gasteiger partial charge on any atom is 0.325 e. The van der Waals surface area contributed by atoms with Gasteiger partial charge in [0, 0.05) is 28.6 Å². The van der Waals surface area contributed by atoms with E-state index in [0.29, 0.717) is 17.2 Å². The van der Waals surface area contributed by atoms with Gasteiger partial charge in [-0.1, -0.05) is 30.3 Å². The molecule has 2 aromatic carbocycles. The van der Waals surface area contributed by atoms with Crippen LogP contribution in [0.3, 0.4) is 0 Å². The molecule has 1 heterocycles. The number of amides is 1. The highest BCUT2D eigenvalue weighted by molar-refractivity contribution is 6.01. The molecule has 1 N–H and O–H groups in total. The van der Waals surface area contributed by atoms with Gasteiger partial charge in [0.15, 0.2) is 6.61 Å². The van der Waals surface area contributed by atoms with E-state index in [-0.39, 0.29) is 24.8 Å². The van der Waals surface area contributed by atoms with E-state index in [9.17, 15) is 14.4 Å². The maximum atomic E-state index is 12.5. The highest BCUT2D eigenvalue weighted by Crippen LogP contribution is 2.38. The second-order valence-electron chi connectivity index (χ2n) is 7.71. The molecule has 0 radical (unpaired) electrons. The van der Waals surface area contributed by atoms with Crippen LogP contribution in [0.4, 0.5) is 0 Å². The normalized spacial score (nSPS) is 13.3. The van der Waals surface area contributed by atoms with Crippen LogP contribution in [0, 0.1) is 13.8 Å². The lowest BCUT2D eigenvalue weighted by Crippen LogP contribution is -2.31. The number of fused-ring (bicyclic) bond motifs is 1. The van der Waals surface area contributed by atoms with Crippen molar-refractivity contribution in [3.05, 3.63) is 71.0 Å². The summed E-state index contributed by atoms with van der Waals surface area (Å²) in [6, 6.07) is 15.4. The molecule has 0 unspecified atom stereocenters. The fourth-order valence-corrected chi connectivity index (χ4v) is 3.81. The van der Waals surface area contributed by atoms with Crippen molar-refractivity contribution in [2.45, 2.75) is 32.7 Å². The van der Waals surface area contributed by atoms with E-state index >= 15 is 0 Å². The van der Waals surface area contributed by atoms with Crippen molar-refractivity contribution < 1.29 is 19.1 Å². The van der Waals surface area contributed by atoms with Crippen LogP contribution in [0.2, 0.25) is 0 Å². The second kappa shape index (κ2) is 8.14. The van der Waals surface area contributed by atoms with Gasteiger partial charge in [-0.3, -0.25) is 14.4 Å². The average Bonchev–Trinajstić information content (AvgIpc) is 3.54. The highest BCUT2D eigenvalue weighted by Gasteiger charge is 2.28. The quantitative estimate of drug-likeness (QED) is 0.481. The Hall–Kier alpha value is -3.41. The summed E-state index contributed by atoms with van der Waals surface area (Å²) < 4.78 is 7.26. The van der Waals surface area contributed by atoms with E-state index in [2.05, 4.69) is 9.88 Å². The first-order chi connectivity index (χ1) is 14.4. The smallest absolute Gasteiger partial charge is 0.325 e. The first kappa shape index (κ1) is 19.9. The summed E-state index contributed by atoms with van der Waals surface area (Å²) in [7, 11) is 0. The molecular weight excluding hydrogens is 380 g/mol. The fraction of sp³-hybridized carbons (Fsp3) is 0.292. The molecule has 3 aromatic rings. The number of aromatic nitrogens is 1. The molecule has 1 aromatic heterocycles. The summed E-state index contributed by atoms with van der Waals surface area (Å²) in [5.74, 6) is -1.24. The third kappa shape index (κ3) is 4.13. The number of Topliss-reactive ketones (excluding diaryl/α,β-unsaturated/α-hetero) is 1. The second-order valence-corrected chi connectivity index (χ2v) is 7.71. The van der Waals surface area contributed by atoms with Crippen LogP contribution in [0.1, 0.15) is 51.0 Å². The number of ether oxygens (including phenoxy) is 1. The maximum absolute atomic E-state index is 12.5. The molecule has 0 aliphatic heterocycles.